The van der Waals surface area contributed by atoms with Crippen LogP contribution in [0.25, 0.3) is 139 Å². The molecule has 46 heteroatoms. The number of benzene rings is 6. The highest BCUT2D eigenvalue weighted by Gasteiger charge is 2.33. The smallest absolute Gasteiger partial charge is 0.360 e. The highest BCUT2D eigenvalue weighted by atomic mass is 35.5. The van der Waals surface area contributed by atoms with E-state index < -0.39 is 128 Å². The van der Waals surface area contributed by atoms with Crippen molar-refractivity contribution in [3.8, 4) is 73.4 Å². The number of anilines is 5. The van der Waals surface area contributed by atoms with Crippen LogP contribution in [0.5, 0.6) is 5.75 Å². The maximum Gasteiger partial charge on any atom is 0.360 e. The third-order valence-corrected chi connectivity index (χ3v) is 22.1. The number of Topliss-reactive ketones (excluding diaryl/α,β-unsaturated/α-hetero) is 2. The maximum atomic E-state index is 15.1. The van der Waals surface area contributed by atoms with E-state index in [9.17, 15) is 72.7 Å². The van der Waals surface area contributed by atoms with Gasteiger partial charge in [-0.1, -0.05) is 89.4 Å². The van der Waals surface area contributed by atoms with Gasteiger partial charge < -0.3 is 87.0 Å². The number of hydrogen-bond donors (Lipinski definition) is 11. The lowest BCUT2D eigenvalue weighted by molar-refractivity contribution is 0.0582. The van der Waals surface area contributed by atoms with Crippen LogP contribution < -0.4 is 33.4 Å². The number of carbonyl (C=O) groups is 6. The summed E-state index contributed by atoms with van der Waals surface area (Å²) in [4.78, 5) is 117. The number of carboxylic acids is 1. The van der Waals surface area contributed by atoms with Gasteiger partial charge >= 0.3 is 23.9 Å². The predicted octanol–water partition coefficient (Wildman–Crippen LogP) is 21.6. The number of furan rings is 1. The topological polar surface area (TPSA) is 488 Å². The molecule has 0 amide bonds. The Morgan fingerprint density at radius 1 is 0.429 bits per heavy atom. The molecule has 6 aromatic carbocycles. The van der Waals surface area contributed by atoms with Crippen LogP contribution in [0.15, 0.2) is 168 Å². The third-order valence-electron chi connectivity index (χ3n) is 20.6. The zero-order valence-corrected chi connectivity index (χ0v) is 76.3. The number of fused-ring (bicyclic) bond motifs is 6. The van der Waals surface area contributed by atoms with Crippen molar-refractivity contribution in [1.29, 1.82) is 0 Å². The van der Waals surface area contributed by atoms with Gasteiger partial charge in [0, 0.05) is 119 Å². The molecule has 16 N–H and O–H groups in total. The number of carbonyl (C=O) groups excluding carboxylic acids is 5. The standard InChI is InChI=1S/C18H15ClF2N4O2.C16H10F3N3O2.C15H10ClF2N3O2.C15H10ClF2N3O.C15H11ClFN3O.C15H12FN3O4/c1-25(2)8-23-16-11(19)17(18(26)27-3)24-15(13(16)21)10-5-4-9-6-7-22-14(9)12(10)20;1-6(17)9-12(20)11(19)14(22-15(9)16(23)24)8-3-2-7-4-5-21-13(7)10(8)18;1-23-15(22)14-8(16)11(19)10(18)13(21-14)7-3-2-6-4-5-20-12(6)9(7)17;1-6(22)13-10(16)12(19)11(18)15(21-13)8-4-7-2-3-20-14(7)9(17)5-8;1-7(21)14-11(16)13(18)12(17)15(20-14)9-3-2-8-4-5-19-10(8)6-9;1-21-12-10(15(20)22-2)18-14(19-13(12)17)8-4-3-7-5-6-23-11(7)9(8)16/h4-8,22H,1-3H3;2-5,21H,1H2,(H2,20,22)(H,23,24);2-5,20H,1H3,(H2,19,21);2-5,20H,1H3,(H2,19,21);2-6,19H,1H3,(H2,18,20);3-6H,1-2H3,(H2,17,18,19). The quantitative estimate of drug-likeness (QED) is 0.0107. The van der Waals surface area contributed by atoms with E-state index in [2.05, 4.69) is 85.6 Å². The molecule has 0 bridgehead atoms. The molecule has 0 saturated heterocycles. The number of ketones is 2. The summed E-state index contributed by atoms with van der Waals surface area (Å²) in [6.45, 7) is 5.48. The molecule has 31 nitrogen and oxygen atoms in total. The Labute approximate surface area is 800 Å². The Balaban J connectivity index is 0.000000142. The van der Waals surface area contributed by atoms with Crippen LogP contribution >= 0.6 is 46.4 Å². The van der Waals surface area contributed by atoms with Gasteiger partial charge in [0.1, 0.15) is 62.2 Å². The molecular formula is C94H68Cl4F11N19O12. The number of methoxy groups -OCH3 is 4. The Morgan fingerprint density at radius 2 is 0.836 bits per heavy atom. The van der Waals surface area contributed by atoms with Crippen molar-refractivity contribution < 1.29 is 106 Å². The van der Waals surface area contributed by atoms with Crippen LogP contribution in [0.2, 0.25) is 20.1 Å². The first-order valence-corrected chi connectivity index (χ1v) is 41.5. The zero-order valence-electron chi connectivity index (χ0n) is 73.2. The monoisotopic (exact) mass is 2000 g/mol. The number of pyridine rings is 5. The number of rotatable bonds is 16. The average molecular weight is 2010 g/mol. The molecule has 0 aliphatic carbocycles. The third kappa shape index (κ3) is 19.8. The van der Waals surface area contributed by atoms with Crippen molar-refractivity contribution in [2.24, 2.45) is 4.99 Å². The molecule has 716 valence electrons. The van der Waals surface area contributed by atoms with E-state index in [4.69, 9.17) is 89.3 Å². The number of aromatic amines is 5. The van der Waals surface area contributed by atoms with Gasteiger partial charge in [0.05, 0.1) is 112 Å². The molecule has 18 aromatic rings. The van der Waals surface area contributed by atoms with Crippen molar-refractivity contribution in [3.05, 3.63) is 277 Å². The summed E-state index contributed by atoms with van der Waals surface area (Å²) in [6, 6.07) is 29.9. The summed E-state index contributed by atoms with van der Waals surface area (Å²) in [6.07, 6.45) is 10.6. The highest BCUT2D eigenvalue weighted by molar-refractivity contribution is 6.37. The van der Waals surface area contributed by atoms with Crippen LogP contribution in [0.1, 0.15) is 82.3 Å². The van der Waals surface area contributed by atoms with Gasteiger partial charge in [-0.25, -0.2) is 107 Å². The maximum absolute atomic E-state index is 15.1. The highest BCUT2D eigenvalue weighted by Crippen LogP contribution is 2.44. The summed E-state index contributed by atoms with van der Waals surface area (Å²) in [5.41, 5.74) is 23.3. The first-order valence-electron chi connectivity index (χ1n) is 39.9. The molecule has 0 fully saturated rings. The number of nitrogen functional groups attached to an aromatic ring is 5. The van der Waals surface area contributed by atoms with Crippen LogP contribution in [-0.2, 0) is 14.2 Å². The number of nitrogens with two attached hydrogens (primary N) is 5. The second-order valence-corrected chi connectivity index (χ2v) is 31.1. The minimum atomic E-state index is -1.64. The Hall–Kier alpha value is -17.0. The second-order valence-electron chi connectivity index (χ2n) is 29.6. The van der Waals surface area contributed by atoms with Crippen LogP contribution in [0.3, 0.4) is 0 Å². The lowest BCUT2D eigenvalue weighted by atomic mass is 10.0. The zero-order chi connectivity index (χ0) is 102. The van der Waals surface area contributed by atoms with Crippen molar-refractivity contribution >= 4 is 194 Å². The van der Waals surface area contributed by atoms with Gasteiger partial charge in [0.25, 0.3) is 0 Å². The number of H-pyrrole nitrogens is 5. The molecule has 0 atom stereocenters. The Morgan fingerprint density at radius 3 is 1.31 bits per heavy atom. The Bertz CT molecular complexity index is 8130. The van der Waals surface area contributed by atoms with Gasteiger partial charge in [-0.15, -0.1) is 0 Å². The fourth-order valence-electron chi connectivity index (χ4n) is 13.8. The van der Waals surface area contributed by atoms with E-state index in [1.807, 2.05) is 12.1 Å². The van der Waals surface area contributed by atoms with Crippen LogP contribution in [0, 0.1) is 58.2 Å². The fourth-order valence-corrected chi connectivity index (χ4v) is 14.8. The number of aliphatic imine (C=N–C) groups is 1. The summed E-state index contributed by atoms with van der Waals surface area (Å²) < 4.78 is 183. The van der Waals surface area contributed by atoms with E-state index in [0.29, 0.717) is 38.0 Å². The van der Waals surface area contributed by atoms with E-state index >= 15 is 4.39 Å². The van der Waals surface area contributed by atoms with E-state index in [1.165, 1.54) is 77.2 Å². The van der Waals surface area contributed by atoms with E-state index in [-0.39, 0.29) is 156 Å². The number of halogens is 15. The molecule has 0 aliphatic rings. The molecule has 0 radical (unpaired) electrons. The van der Waals surface area contributed by atoms with Crippen molar-refractivity contribution in [2.45, 2.75) is 13.8 Å². The lowest BCUT2D eigenvalue weighted by Crippen LogP contribution is -2.12. The number of nitrogens with one attached hydrogen (secondary N) is 5. The minimum Gasteiger partial charge on any atom is -0.491 e. The molecule has 12 aromatic heterocycles. The number of nitrogens with zero attached hydrogens (tertiary/aromatic N) is 9. The van der Waals surface area contributed by atoms with Crippen molar-refractivity contribution in [1.82, 2.24) is 64.7 Å². The van der Waals surface area contributed by atoms with Gasteiger partial charge in [-0.3, -0.25) is 9.59 Å². The van der Waals surface area contributed by atoms with Gasteiger partial charge in [-0.05, 0) is 84.2 Å². The van der Waals surface area contributed by atoms with Gasteiger partial charge in [-0.2, -0.15) is 0 Å². The Kier molecular flexibility index (Phi) is 29.9. The second kappa shape index (κ2) is 41.7. The molecule has 0 spiro atoms. The summed E-state index contributed by atoms with van der Waals surface area (Å²) in [5, 5.41) is 12.0. The number of aromatic nitrogens is 12. The van der Waals surface area contributed by atoms with Crippen LogP contribution in [-0.4, -0.2) is 154 Å². The number of carboxylic acid groups (broad SMARTS) is 1. The van der Waals surface area contributed by atoms with Crippen LogP contribution in [0.4, 0.5) is 82.5 Å². The molecule has 0 saturated carbocycles. The molecule has 18 rings (SSSR count). The van der Waals surface area contributed by atoms with Crippen molar-refractivity contribution in [3.63, 3.8) is 0 Å². The SMILES string of the molecule is C=C(F)c1c(C(=O)O)nc(-c2ccc3cc[nH]c3c2F)c(F)c1N.CC(=O)c1nc(-c2cc(F)c3[nH]ccc3c2)c(F)c(N)c1Cl.CC(=O)c1nc(-c2ccc3cc[nH]c3c2)c(F)c(N)c1Cl.COC(=O)c1nc(-c2ccc3cc[nH]c3c2F)c(F)c(N)c1Cl.COC(=O)c1nc(-c2ccc3cc[nH]c3c2F)c(F)c(N=CN(C)C)c1Cl.COC(=O)c1nc(-c2ccc3ccoc3c2F)nc(N)c1OC. The fraction of sp³-hybridized carbons (Fsp3) is 0.0851. The molecular weight excluding hydrogens is 1940 g/mol. The normalized spacial score (nSPS) is 11.0. The average Bonchev–Trinajstić information content (AvgIpc) is 1.49. The summed E-state index contributed by atoms with van der Waals surface area (Å²) >= 11 is 23.6. The van der Waals surface area contributed by atoms with Crippen molar-refractivity contribution in [2.75, 3.05) is 71.2 Å². The van der Waals surface area contributed by atoms with Gasteiger partial charge in [0.15, 0.2) is 110 Å². The number of esters is 3. The first-order chi connectivity index (χ1) is 66.6. The van der Waals surface area contributed by atoms with Gasteiger partial charge in [0.2, 0.25) is 0 Å². The number of ether oxygens (including phenoxy) is 4. The molecule has 140 heavy (non-hydrogen) atoms. The van der Waals surface area contributed by atoms with E-state index in [1.54, 1.807) is 111 Å². The summed E-state index contributed by atoms with van der Waals surface area (Å²) in [7, 11) is 8.11. The molecule has 0 unspecified atom stereocenters. The lowest BCUT2D eigenvalue weighted by Gasteiger charge is -2.12. The number of hydrogen-bond acceptors (Lipinski definition) is 24. The first kappa shape index (κ1) is 100. The molecule has 0 aliphatic heterocycles. The summed E-state index contributed by atoms with van der Waals surface area (Å²) in [5.74, 6) is -14.7. The largest absolute Gasteiger partial charge is 0.491 e. The predicted molar refractivity (Wildman–Crippen MR) is 506 cm³/mol. The molecule has 12 heterocycles. The number of aromatic carboxylic acids is 1. The van der Waals surface area contributed by atoms with E-state index in [0.717, 1.165) is 31.2 Å². The minimum absolute atomic E-state index is 0.0126.